The van der Waals surface area contributed by atoms with Crippen LogP contribution in [0.5, 0.6) is 0 Å². The van der Waals surface area contributed by atoms with Gasteiger partial charge in [-0.1, -0.05) is 31.9 Å². The molecule has 1 aromatic rings. The molecule has 2 rings (SSSR count). The van der Waals surface area contributed by atoms with Gasteiger partial charge in [-0.15, -0.1) is 0 Å². The van der Waals surface area contributed by atoms with Gasteiger partial charge in [0.05, 0.1) is 17.5 Å². The second kappa shape index (κ2) is 8.53. The molecule has 8 heteroatoms. The number of sulfonamides is 1. The van der Waals surface area contributed by atoms with Crippen molar-refractivity contribution < 1.29 is 22.7 Å². The number of para-hydroxylation sites is 1. The van der Waals surface area contributed by atoms with Gasteiger partial charge in [0.25, 0.3) is 5.91 Å². The molecule has 1 aliphatic carbocycles. The molecule has 0 radical (unpaired) electrons. The van der Waals surface area contributed by atoms with Crippen LogP contribution in [-0.4, -0.2) is 38.7 Å². The van der Waals surface area contributed by atoms with Crippen LogP contribution >= 0.6 is 0 Å². The topological polar surface area (TPSA) is 102 Å². The molecule has 3 atom stereocenters. The number of carbonyl (C=O) groups is 2. The SMILES string of the molecule is C[C@H](OC(=O)c1ccccc1NS(C)(=O)=O)C(=O)N[C@@H]1CCCC[C@H]1C. The van der Waals surface area contributed by atoms with Crippen molar-refractivity contribution in [3.63, 3.8) is 0 Å². The van der Waals surface area contributed by atoms with Gasteiger partial charge >= 0.3 is 5.97 Å². The van der Waals surface area contributed by atoms with Gasteiger partial charge in [-0.3, -0.25) is 9.52 Å². The molecule has 26 heavy (non-hydrogen) atoms. The molecule has 0 heterocycles. The number of esters is 1. The van der Waals surface area contributed by atoms with Gasteiger partial charge in [-0.2, -0.15) is 0 Å². The smallest absolute Gasteiger partial charge is 0.341 e. The first-order chi connectivity index (χ1) is 12.2. The monoisotopic (exact) mass is 382 g/mol. The van der Waals surface area contributed by atoms with E-state index in [1.807, 2.05) is 0 Å². The van der Waals surface area contributed by atoms with Gasteiger partial charge in [0, 0.05) is 6.04 Å². The number of carbonyl (C=O) groups excluding carboxylic acids is 2. The summed E-state index contributed by atoms with van der Waals surface area (Å²) in [6, 6.07) is 6.20. The van der Waals surface area contributed by atoms with Crippen LogP contribution in [0.2, 0.25) is 0 Å². The summed E-state index contributed by atoms with van der Waals surface area (Å²) in [6.07, 6.45) is 4.27. The maximum Gasteiger partial charge on any atom is 0.341 e. The van der Waals surface area contributed by atoms with Crippen molar-refractivity contribution in [1.82, 2.24) is 5.32 Å². The van der Waals surface area contributed by atoms with Gasteiger partial charge in [0.1, 0.15) is 0 Å². The van der Waals surface area contributed by atoms with Crippen LogP contribution in [0.1, 0.15) is 49.9 Å². The molecule has 0 unspecified atom stereocenters. The molecule has 1 amide bonds. The Kier molecular flexibility index (Phi) is 6.63. The van der Waals surface area contributed by atoms with E-state index in [-0.39, 0.29) is 23.2 Å². The van der Waals surface area contributed by atoms with Crippen LogP contribution < -0.4 is 10.0 Å². The van der Waals surface area contributed by atoms with Crippen molar-refractivity contribution >= 4 is 27.6 Å². The fourth-order valence-corrected chi connectivity index (χ4v) is 3.64. The summed E-state index contributed by atoms with van der Waals surface area (Å²) in [6.45, 7) is 3.61. The van der Waals surface area contributed by atoms with E-state index in [0.717, 1.165) is 25.5 Å². The zero-order valence-corrected chi connectivity index (χ0v) is 16.1. The predicted octanol–water partition coefficient (Wildman–Crippen LogP) is 2.30. The Morgan fingerprint density at radius 3 is 2.50 bits per heavy atom. The van der Waals surface area contributed by atoms with Crippen molar-refractivity contribution in [2.45, 2.75) is 51.7 Å². The van der Waals surface area contributed by atoms with Crippen LogP contribution in [0, 0.1) is 5.92 Å². The van der Waals surface area contributed by atoms with Crippen LogP contribution in [-0.2, 0) is 19.6 Å². The van der Waals surface area contributed by atoms with Crippen molar-refractivity contribution in [3.05, 3.63) is 29.8 Å². The molecular formula is C18H26N2O5S. The van der Waals surface area contributed by atoms with E-state index in [9.17, 15) is 18.0 Å². The Hall–Kier alpha value is -2.09. The maximum absolute atomic E-state index is 12.4. The second-order valence-corrected chi connectivity index (χ2v) is 8.59. The van der Waals surface area contributed by atoms with E-state index < -0.39 is 22.1 Å². The number of hydrogen-bond acceptors (Lipinski definition) is 5. The van der Waals surface area contributed by atoms with Gasteiger partial charge in [0.2, 0.25) is 10.0 Å². The number of amides is 1. The van der Waals surface area contributed by atoms with Crippen LogP contribution in [0.3, 0.4) is 0 Å². The van der Waals surface area contributed by atoms with E-state index >= 15 is 0 Å². The largest absolute Gasteiger partial charge is 0.449 e. The highest BCUT2D eigenvalue weighted by Gasteiger charge is 2.27. The minimum atomic E-state index is -3.54. The van der Waals surface area contributed by atoms with Gasteiger partial charge < -0.3 is 10.1 Å². The molecule has 144 valence electrons. The normalized spacial score (nSPS) is 21.5. The quantitative estimate of drug-likeness (QED) is 0.735. The number of benzene rings is 1. The van der Waals surface area contributed by atoms with Crippen molar-refractivity contribution in [1.29, 1.82) is 0 Å². The fraction of sp³-hybridized carbons (Fsp3) is 0.556. The predicted molar refractivity (Wildman–Crippen MR) is 99.3 cm³/mol. The highest BCUT2D eigenvalue weighted by molar-refractivity contribution is 7.92. The Morgan fingerprint density at radius 2 is 1.85 bits per heavy atom. The molecule has 0 aliphatic heterocycles. The molecule has 7 nitrogen and oxygen atoms in total. The van der Waals surface area contributed by atoms with Gasteiger partial charge in [0.15, 0.2) is 6.10 Å². The lowest BCUT2D eigenvalue weighted by Gasteiger charge is -2.30. The average molecular weight is 382 g/mol. The highest BCUT2D eigenvalue weighted by atomic mass is 32.2. The van der Waals surface area contributed by atoms with Crippen molar-refractivity contribution in [3.8, 4) is 0 Å². The summed E-state index contributed by atoms with van der Waals surface area (Å²) in [7, 11) is -3.54. The molecule has 1 aromatic carbocycles. The highest BCUT2D eigenvalue weighted by Crippen LogP contribution is 2.24. The summed E-state index contributed by atoms with van der Waals surface area (Å²) < 4.78 is 30.4. The molecule has 1 saturated carbocycles. The number of ether oxygens (including phenoxy) is 1. The fourth-order valence-electron chi connectivity index (χ4n) is 3.06. The van der Waals surface area contributed by atoms with Crippen LogP contribution in [0.4, 0.5) is 5.69 Å². The summed E-state index contributed by atoms with van der Waals surface area (Å²) in [5, 5.41) is 2.95. The molecular weight excluding hydrogens is 356 g/mol. The maximum atomic E-state index is 12.4. The Bertz CT molecular complexity index is 763. The standard InChI is InChI=1S/C18H26N2O5S/c1-12-8-4-6-10-15(12)19-17(21)13(2)25-18(22)14-9-5-7-11-16(14)20-26(3,23)24/h5,7,9,11-13,15,20H,4,6,8,10H2,1-3H3,(H,19,21)/t12-,13+,15-/m1/s1. The zero-order chi connectivity index (χ0) is 19.3. The van der Waals surface area contributed by atoms with Crippen LogP contribution in [0.25, 0.3) is 0 Å². The number of anilines is 1. The first-order valence-electron chi connectivity index (χ1n) is 8.75. The second-order valence-electron chi connectivity index (χ2n) is 6.84. The number of rotatable bonds is 6. The molecule has 0 saturated heterocycles. The van der Waals surface area contributed by atoms with Crippen molar-refractivity contribution in [2.75, 3.05) is 11.0 Å². The Balaban J connectivity index is 2.01. The third-order valence-corrected chi connectivity index (χ3v) is 5.13. The summed E-state index contributed by atoms with van der Waals surface area (Å²) >= 11 is 0. The van der Waals surface area contributed by atoms with Crippen molar-refractivity contribution in [2.24, 2.45) is 5.92 Å². The molecule has 1 fully saturated rings. The summed E-state index contributed by atoms with van der Waals surface area (Å²) in [5.74, 6) is -0.697. The minimum Gasteiger partial charge on any atom is -0.449 e. The van der Waals surface area contributed by atoms with E-state index in [4.69, 9.17) is 4.74 Å². The van der Waals surface area contributed by atoms with E-state index in [1.165, 1.54) is 25.5 Å². The molecule has 0 spiro atoms. The zero-order valence-electron chi connectivity index (χ0n) is 15.3. The van der Waals surface area contributed by atoms with E-state index in [1.54, 1.807) is 12.1 Å². The summed E-state index contributed by atoms with van der Waals surface area (Å²) in [4.78, 5) is 24.7. The lowest BCUT2D eigenvalue weighted by molar-refractivity contribution is -0.130. The van der Waals surface area contributed by atoms with E-state index in [0.29, 0.717) is 5.92 Å². The van der Waals surface area contributed by atoms with Gasteiger partial charge in [-0.05, 0) is 37.8 Å². The molecule has 1 aliphatic rings. The average Bonchev–Trinajstić information content (AvgIpc) is 2.55. The minimum absolute atomic E-state index is 0.0589. The van der Waals surface area contributed by atoms with E-state index in [2.05, 4.69) is 17.0 Å². The number of hydrogen-bond donors (Lipinski definition) is 2. The van der Waals surface area contributed by atoms with Gasteiger partial charge in [-0.25, -0.2) is 13.2 Å². The summed E-state index contributed by atoms with van der Waals surface area (Å²) in [5.41, 5.74) is 0.178. The Labute approximate surface area is 154 Å². The lowest BCUT2D eigenvalue weighted by Crippen LogP contribution is -2.46. The third kappa shape index (κ3) is 5.72. The molecule has 2 N–H and O–H groups in total. The molecule has 0 bridgehead atoms. The Morgan fingerprint density at radius 1 is 1.19 bits per heavy atom. The van der Waals surface area contributed by atoms with Crippen LogP contribution in [0.15, 0.2) is 24.3 Å². The lowest BCUT2D eigenvalue weighted by atomic mass is 9.86. The third-order valence-electron chi connectivity index (χ3n) is 4.53. The number of nitrogens with one attached hydrogen (secondary N) is 2. The molecule has 0 aromatic heterocycles. The first kappa shape index (κ1) is 20.2. The first-order valence-corrected chi connectivity index (χ1v) is 10.6.